The fraction of sp³-hybridized carbons (Fsp3) is 0.722. The highest BCUT2D eigenvalue weighted by Crippen LogP contribution is 2.62. The van der Waals surface area contributed by atoms with Crippen LogP contribution in [0, 0.1) is 29.6 Å². The minimum absolute atomic E-state index is 0.130. The van der Waals surface area contributed by atoms with Crippen molar-refractivity contribution in [1.29, 1.82) is 0 Å². The molecule has 3 fully saturated rings. The Bertz CT molecular complexity index is 533. The molecule has 0 bridgehead atoms. The molecule has 1 N–H and O–H groups in total. The van der Waals surface area contributed by atoms with Crippen molar-refractivity contribution < 1.29 is 9.90 Å². The summed E-state index contributed by atoms with van der Waals surface area (Å²) in [4.78, 5) is 11.6. The number of ketones is 1. The number of carbonyl (C=O) groups excluding carboxylic acids is 1. The van der Waals surface area contributed by atoms with E-state index >= 15 is 0 Å². The largest absolute Gasteiger partial charge is 0.393 e. The first-order valence-electron chi connectivity index (χ1n) is 8.58. The molecule has 0 saturated heterocycles. The molecular weight excluding hydrogens is 259 g/mol. The minimum atomic E-state index is -0.194. The van der Waals surface area contributed by atoms with Crippen molar-refractivity contribution in [3.63, 3.8) is 0 Å². The van der Waals surface area contributed by atoms with Crippen molar-refractivity contribution in [3.8, 4) is 0 Å². The highest BCUT2D eigenvalue weighted by Gasteiger charge is 2.55. The summed E-state index contributed by atoms with van der Waals surface area (Å²) >= 11 is 0. The third-order valence-electron chi connectivity index (χ3n) is 7.03. The molecule has 0 heterocycles. The molecule has 3 saturated carbocycles. The predicted octanol–water partition coefficient (Wildman–Crippen LogP) is 2.30. The van der Waals surface area contributed by atoms with Crippen LogP contribution in [0.5, 0.6) is 0 Å². The lowest BCUT2D eigenvalue weighted by Crippen LogP contribution is -2.48. The molecule has 0 spiro atoms. The van der Waals surface area contributed by atoms with Crippen LogP contribution in [-0.4, -0.2) is 24.8 Å². The zero-order valence-electron chi connectivity index (χ0n) is 13.1. The monoisotopic (exact) mass is 284 g/mol. The second kappa shape index (κ2) is 4.58. The number of carbonyl (C=O) groups is 1. The van der Waals surface area contributed by atoms with Gasteiger partial charge < -0.3 is 5.11 Å². The van der Waals surface area contributed by atoms with Gasteiger partial charge in [-0.15, -0.1) is 0 Å². The first-order valence-corrected chi connectivity index (χ1v) is 8.58. The number of aliphatic hydroxyl groups is 1. The maximum Gasteiger partial charge on any atom is 0.178 e. The van der Waals surface area contributed by atoms with Gasteiger partial charge in [-0.3, -0.25) is 4.79 Å². The first-order chi connectivity index (χ1) is 9.97. The number of hydrogen-bond acceptors (Lipinski definition) is 2. The standard InChI is InChI=1S/C18H25BO2/c1-18(19)7-6-13-14-4-2-10-8-11(20)3-5-12(10)17(14)16(21)9-15(13)18/h3,5,8,12-17,21H,2,4,6-7,9,19H2,1H3/t12?,13?,14?,15?,16-,17?,18?/m0/s1. The molecule has 0 aromatic rings. The van der Waals surface area contributed by atoms with Gasteiger partial charge in [-0.2, -0.15) is 0 Å². The van der Waals surface area contributed by atoms with E-state index in [0.717, 1.165) is 18.8 Å². The van der Waals surface area contributed by atoms with E-state index in [0.29, 0.717) is 29.0 Å². The Morgan fingerprint density at radius 1 is 1.33 bits per heavy atom. The van der Waals surface area contributed by atoms with Crippen molar-refractivity contribution in [3.05, 3.63) is 23.8 Å². The number of fused-ring (bicyclic) bond motifs is 5. The smallest absolute Gasteiger partial charge is 0.178 e. The van der Waals surface area contributed by atoms with Crippen molar-refractivity contribution in [2.75, 3.05) is 0 Å². The molecule has 0 radical (unpaired) electrons. The molecule has 112 valence electrons. The maximum absolute atomic E-state index is 11.6. The van der Waals surface area contributed by atoms with Crippen LogP contribution in [0.4, 0.5) is 0 Å². The van der Waals surface area contributed by atoms with Crippen molar-refractivity contribution in [2.45, 2.75) is 50.4 Å². The van der Waals surface area contributed by atoms with Crippen molar-refractivity contribution in [1.82, 2.24) is 0 Å². The van der Waals surface area contributed by atoms with Crippen molar-refractivity contribution >= 4 is 13.6 Å². The molecule has 2 nitrogen and oxygen atoms in total. The second-order valence-corrected chi connectivity index (χ2v) is 8.39. The Morgan fingerprint density at radius 2 is 2.14 bits per heavy atom. The van der Waals surface area contributed by atoms with Crippen LogP contribution in [0.25, 0.3) is 0 Å². The Hall–Kier alpha value is -0.825. The molecule has 4 rings (SSSR count). The van der Waals surface area contributed by atoms with E-state index in [2.05, 4.69) is 20.8 Å². The number of hydrogen-bond donors (Lipinski definition) is 1. The first kappa shape index (κ1) is 13.8. The fourth-order valence-electron chi connectivity index (χ4n) is 6.01. The van der Waals surface area contributed by atoms with E-state index < -0.39 is 0 Å². The molecule has 4 aliphatic rings. The minimum Gasteiger partial charge on any atom is -0.393 e. The van der Waals surface area contributed by atoms with Gasteiger partial charge in [0.1, 0.15) is 7.85 Å². The van der Waals surface area contributed by atoms with Gasteiger partial charge in [-0.05, 0) is 55.1 Å². The highest BCUT2D eigenvalue weighted by atomic mass is 16.3. The Morgan fingerprint density at radius 3 is 2.95 bits per heavy atom. The third-order valence-corrected chi connectivity index (χ3v) is 7.03. The molecule has 4 aliphatic carbocycles. The molecule has 0 amide bonds. The summed E-state index contributed by atoms with van der Waals surface area (Å²) in [6.07, 6.45) is 11.3. The summed E-state index contributed by atoms with van der Waals surface area (Å²) in [5, 5.41) is 11.2. The van der Waals surface area contributed by atoms with Gasteiger partial charge >= 0.3 is 0 Å². The van der Waals surface area contributed by atoms with E-state index in [1.807, 2.05) is 6.08 Å². The maximum atomic E-state index is 11.6. The van der Waals surface area contributed by atoms with E-state index in [9.17, 15) is 9.90 Å². The van der Waals surface area contributed by atoms with Gasteiger partial charge in [0, 0.05) is 5.92 Å². The summed E-state index contributed by atoms with van der Waals surface area (Å²) in [6, 6.07) is 0. The van der Waals surface area contributed by atoms with Crippen LogP contribution in [0.15, 0.2) is 23.8 Å². The molecule has 6 unspecified atom stereocenters. The topological polar surface area (TPSA) is 37.3 Å². The van der Waals surface area contributed by atoms with Crippen LogP contribution in [0.3, 0.4) is 0 Å². The quantitative estimate of drug-likeness (QED) is 0.693. The zero-order chi connectivity index (χ0) is 14.8. The Balaban J connectivity index is 1.67. The molecular formula is C18H25BO2. The summed E-state index contributed by atoms with van der Waals surface area (Å²) in [5.74, 6) is 2.94. The number of rotatable bonds is 0. The van der Waals surface area contributed by atoms with Crippen molar-refractivity contribution in [2.24, 2.45) is 29.6 Å². The third kappa shape index (κ3) is 2.00. The summed E-state index contributed by atoms with van der Waals surface area (Å²) < 4.78 is 0. The van der Waals surface area contributed by atoms with E-state index in [-0.39, 0.29) is 11.9 Å². The van der Waals surface area contributed by atoms with Crippen LogP contribution in [0.2, 0.25) is 5.31 Å². The Kier molecular flexibility index (Phi) is 3.01. The fourth-order valence-corrected chi connectivity index (χ4v) is 6.01. The van der Waals surface area contributed by atoms with Gasteiger partial charge in [0.2, 0.25) is 0 Å². The Labute approximate surface area is 128 Å². The lowest BCUT2D eigenvalue weighted by molar-refractivity contribution is -0.111. The molecule has 0 aromatic heterocycles. The SMILES string of the molecule is BC1(C)CCC2C3CCC4=CC(=O)C=CC4C3[C@@H](O)CC21. The average molecular weight is 284 g/mol. The molecule has 21 heavy (non-hydrogen) atoms. The van der Waals surface area contributed by atoms with Gasteiger partial charge in [0.15, 0.2) is 5.78 Å². The van der Waals surface area contributed by atoms with Gasteiger partial charge in [0.05, 0.1) is 6.10 Å². The predicted molar refractivity (Wildman–Crippen MR) is 85.7 cm³/mol. The zero-order valence-corrected chi connectivity index (χ0v) is 13.1. The summed E-state index contributed by atoms with van der Waals surface area (Å²) in [7, 11) is 2.39. The second-order valence-electron chi connectivity index (χ2n) is 8.39. The average Bonchev–Trinajstić information content (AvgIpc) is 2.74. The summed E-state index contributed by atoms with van der Waals surface area (Å²) in [6.45, 7) is 2.39. The normalized spacial score (nSPS) is 51.9. The van der Waals surface area contributed by atoms with E-state index in [4.69, 9.17) is 0 Å². The van der Waals surface area contributed by atoms with E-state index in [1.165, 1.54) is 24.8 Å². The van der Waals surface area contributed by atoms with Crippen LogP contribution in [-0.2, 0) is 4.79 Å². The van der Waals surface area contributed by atoms with Gasteiger partial charge in [-0.1, -0.05) is 36.7 Å². The molecule has 3 heteroatoms. The number of allylic oxidation sites excluding steroid dienone is 4. The molecule has 0 aliphatic heterocycles. The van der Waals surface area contributed by atoms with Crippen LogP contribution in [0.1, 0.15) is 39.0 Å². The van der Waals surface area contributed by atoms with Crippen LogP contribution < -0.4 is 0 Å². The van der Waals surface area contributed by atoms with Gasteiger partial charge in [-0.25, -0.2) is 0 Å². The van der Waals surface area contributed by atoms with Gasteiger partial charge in [0.25, 0.3) is 0 Å². The lowest BCUT2D eigenvalue weighted by atomic mass is 9.51. The number of aliphatic hydroxyl groups excluding tert-OH is 1. The molecule has 7 atom stereocenters. The van der Waals surface area contributed by atoms with Crippen LogP contribution >= 0.6 is 0 Å². The molecule has 0 aromatic carbocycles. The van der Waals surface area contributed by atoms with E-state index in [1.54, 1.807) is 6.08 Å². The summed E-state index contributed by atoms with van der Waals surface area (Å²) in [5.41, 5.74) is 1.28. The lowest BCUT2D eigenvalue weighted by Gasteiger charge is -2.52. The highest BCUT2D eigenvalue weighted by molar-refractivity contribution is 6.15.